The van der Waals surface area contributed by atoms with Gasteiger partial charge in [-0.3, -0.25) is 14.4 Å². The van der Waals surface area contributed by atoms with Crippen molar-refractivity contribution >= 4 is 5.91 Å². The van der Waals surface area contributed by atoms with Crippen LogP contribution in [0.1, 0.15) is 32.9 Å². The molecule has 2 aliphatic heterocycles. The van der Waals surface area contributed by atoms with Crippen molar-refractivity contribution in [1.82, 2.24) is 19.6 Å². The first kappa shape index (κ1) is 20.6. The van der Waals surface area contributed by atoms with Crippen LogP contribution in [0.4, 0.5) is 0 Å². The molecule has 0 radical (unpaired) electrons. The minimum Gasteiger partial charge on any atom is -0.454 e. The molecule has 0 unspecified atom stereocenters. The van der Waals surface area contributed by atoms with Crippen LogP contribution in [0.2, 0.25) is 0 Å². The topological polar surface area (TPSA) is 59.8 Å². The van der Waals surface area contributed by atoms with Crippen LogP contribution in [0, 0.1) is 13.8 Å². The van der Waals surface area contributed by atoms with Gasteiger partial charge in [0.1, 0.15) is 0 Å². The monoisotopic (exact) mass is 432 g/mol. The van der Waals surface area contributed by atoms with Crippen molar-refractivity contribution < 1.29 is 14.3 Å². The maximum absolute atomic E-state index is 13.1. The number of carbonyl (C=O) groups excluding carboxylic acids is 1. The molecule has 7 heteroatoms. The first-order chi connectivity index (χ1) is 15.5. The van der Waals surface area contributed by atoms with Gasteiger partial charge in [-0.15, -0.1) is 0 Å². The molecule has 1 amide bonds. The number of benzene rings is 2. The van der Waals surface area contributed by atoms with Gasteiger partial charge in [0.15, 0.2) is 11.5 Å². The van der Waals surface area contributed by atoms with Gasteiger partial charge in [-0.05, 0) is 55.3 Å². The third-order valence-electron chi connectivity index (χ3n) is 6.11. The Balaban J connectivity index is 1.19. The van der Waals surface area contributed by atoms with Crippen LogP contribution in [0.3, 0.4) is 0 Å². The van der Waals surface area contributed by atoms with Crippen molar-refractivity contribution in [2.24, 2.45) is 0 Å². The van der Waals surface area contributed by atoms with E-state index in [0.717, 1.165) is 66.7 Å². The fraction of sp³-hybridized carbons (Fsp3) is 0.360. The third kappa shape index (κ3) is 4.34. The summed E-state index contributed by atoms with van der Waals surface area (Å²) in [4.78, 5) is 17.5. The number of hydrogen-bond donors (Lipinski definition) is 0. The zero-order valence-corrected chi connectivity index (χ0v) is 18.6. The highest BCUT2D eigenvalue weighted by molar-refractivity contribution is 5.94. The molecule has 7 nitrogen and oxygen atoms in total. The second-order valence-electron chi connectivity index (χ2n) is 8.54. The summed E-state index contributed by atoms with van der Waals surface area (Å²) in [6, 6.07) is 16.1. The van der Waals surface area contributed by atoms with Gasteiger partial charge >= 0.3 is 0 Å². The molecule has 32 heavy (non-hydrogen) atoms. The second kappa shape index (κ2) is 8.67. The van der Waals surface area contributed by atoms with Gasteiger partial charge in [-0.2, -0.15) is 5.10 Å². The van der Waals surface area contributed by atoms with Gasteiger partial charge in [-0.25, -0.2) is 0 Å². The Hall–Kier alpha value is -3.32. The van der Waals surface area contributed by atoms with E-state index in [1.54, 1.807) is 0 Å². The highest BCUT2D eigenvalue weighted by Gasteiger charge is 2.23. The summed E-state index contributed by atoms with van der Waals surface area (Å²) in [7, 11) is 0. The summed E-state index contributed by atoms with van der Waals surface area (Å²) in [5, 5.41) is 4.53. The fourth-order valence-electron chi connectivity index (χ4n) is 4.40. The molecule has 2 aliphatic rings. The smallest absolute Gasteiger partial charge is 0.253 e. The van der Waals surface area contributed by atoms with Crippen molar-refractivity contribution in [1.29, 1.82) is 0 Å². The van der Waals surface area contributed by atoms with E-state index in [0.29, 0.717) is 13.3 Å². The number of piperazine rings is 1. The van der Waals surface area contributed by atoms with E-state index in [-0.39, 0.29) is 5.91 Å². The van der Waals surface area contributed by atoms with Gasteiger partial charge in [0.25, 0.3) is 5.91 Å². The lowest BCUT2D eigenvalue weighted by atomic mass is 10.1. The number of aromatic nitrogens is 2. The molecule has 0 spiro atoms. The number of nitrogens with zero attached hydrogens (tertiary/aromatic N) is 4. The van der Waals surface area contributed by atoms with Crippen molar-refractivity contribution in [3.63, 3.8) is 0 Å². The minimum absolute atomic E-state index is 0.1000. The molecule has 5 rings (SSSR count). The Morgan fingerprint density at radius 3 is 2.47 bits per heavy atom. The molecule has 3 heterocycles. The zero-order valence-electron chi connectivity index (χ0n) is 18.6. The quantitative estimate of drug-likeness (QED) is 0.620. The molecule has 1 aromatic heterocycles. The normalized spacial score (nSPS) is 15.9. The minimum atomic E-state index is 0.1000. The fourth-order valence-corrected chi connectivity index (χ4v) is 4.40. The van der Waals surface area contributed by atoms with E-state index in [4.69, 9.17) is 9.47 Å². The number of rotatable bonds is 5. The van der Waals surface area contributed by atoms with Crippen molar-refractivity contribution in [2.45, 2.75) is 26.9 Å². The average Bonchev–Trinajstić information content (AvgIpc) is 3.39. The lowest BCUT2D eigenvalue weighted by Gasteiger charge is -2.35. The number of fused-ring (bicyclic) bond motifs is 1. The molecule has 1 fully saturated rings. The molecule has 1 saturated heterocycles. The van der Waals surface area contributed by atoms with Gasteiger partial charge in [0.05, 0.1) is 12.2 Å². The molecular formula is C25H28N4O3. The highest BCUT2D eigenvalue weighted by Crippen LogP contribution is 2.32. The van der Waals surface area contributed by atoms with E-state index in [9.17, 15) is 4.79 Å². The molecule has 2 aromatic carbocycles. The summed E-state index contributed by atoms with van der Waals surface area (Å²) >= 11 is 0. The predicted octanol–water partition coefficient (Wildman–Crippen LogP) is 3.23. The summed E-state index contributed by atoms with van der Waals surface area (Å²) in [6.07, 6.45) is 0. The number of aryl methyl sites for hydroxylation is 2. The van der Waals surface area contributed by atoms with Gasteiger partial charge in [-0.1, -0.05) is 18.2 Å². The molecule has 166 valence electrons. The van der Waals surface area contributed by atoms with Crippen LogP contribution in [0.25, 0.3) is 0 Å². The predicted molar refractivity (Wildman–Crippen MR) is 121 cm³/mol. The van der Waals surface area contributed by atoms with Gasteiger partial charge in [0, 0.05) is 44.0 Å². The molecule has 0 atom stereocenters. The van der Waals surface area contributed by atoms with E-state index in [1.807, 2.05) is 46.8 Å². The number of hydrogen-bond acceptors (Lipinski definition) is 5. The Labute approximate surface area is 188 Å². The Bertz CT molecular complexity index is 1130. The Kier molecular flexibility index (Phi) is 5.57. The molecular weight excluding hydrogens is 404 g/mol. The van der Waals surface area contributed by atoms with Crippen molar-refractivity contribution in [3.8, 4) is 11.5 Å². The molecule has 0 bridgehead atoms. The molecule has 0 aliphatic carbocycles. The number of ether oxygens (including phenoxy) is 2. The number of carbonyl (C=O) groups is 1. The van der Waals surface area contributed by atoms with E-state index >= 15 is 0 Å². The molecule has 3 aromatic rings. The third-order valence-corrected chi connectivity index (χ3v) is 6.11. The SMILES string of the molecule is Cc1cc(C)n(Cc2cccc(C(=O)N3CCN(Cc4ccc5c(c4)OCO5)CC3)c2)n1. The molecule has 0 saturated carbocycles. The second-order valence-corrected chi connectivity index (χ2v) is 8.54. The first-order valence-corrected chi connectivity index (χ1v) is 11.1. The lowest BCUT2D eigenvalue weighted by Crippen LogP contribution is -2.48. The maximum Gasteiger partial charge on any atom is 0.253 e. The van der Waals surface area contributed by atoms with Crippen molar-refractivity contribution in [2.75, 3.05) is 33.0 Å². The van der Waals surface area contributed by atoms with Crippen LogP contribution in [0.5, 0.6) is 11.5 Å². The zero-order chi connectivity index (χ0) is 22.1. The summed E-state index contributed by atoms with van der Waals surface area (Å²) < 4.78 is 12.9. The average molecular weight is 433 g/mol. The van der Waals surface area contributed by atoms with Crippen LogP contribution >= 0.6 is 0 Å². The van der Waals surface area contributed by atoms with Gasteiger partial charge in [0.2, 0.25) is 6.79 Å². The van der Waals surface area contributed by atoms with Crippen LogP contribution in [-0.4, -0.2) is 58.5 Å². The van der Waals surface area contributed by atoms with E-state index in [2.05, 4.69) is 35.1 Å². The largest absolute Gasteiger partial charge is 0.454 e. The summed E-state index contributed by atoms with van der Waals surface area (Å²) in [5.41, 5.74) is 5.16. The van der Waals surface area contributed by atoms with E-state index < -0.39 is 0 Å². The Morgan fingerprint density at radius 1 is 0.906 bits per heavy atom. The van der Waals surface area contributed by atoms with Crippen LogP contribution < -0.4 is 9.47 Å². The summed E-state index contributed by atoms with van der Waals surface area (Å²) in [5.74, 6) is 1.73. The van der Waals surface area contributed by atoms with Crippen molar-refractivity contribution in [3.05, 3.63) is 76.6 Å². The first-order valence-electron chi connectivity index (χ1n) is 11.1. The van der Waals surface area contributed by atoms with Crippen LogP contribution in [-0.2, 0) is 13.1 Å². The standard InChI is InChI=1S/C25H28N4O3/c1-18-12-19(2)29(26-18)16-20-4-3-5-22(13-20)25(30)28-10-8-27(9-11-28)15-21-6-7-23-24(14-21)32-17-31-23/h3-7,12-14H,8-11,15-17H2,1-2H3. The number of amides is 1. The Morgan fingerprint density at radius 2 is 1.69 bits per heavy atom. The van der Waals surface area contributed by atoms with E-state index in [1.165, 1.54) is 5.56 Å². The maximum atomic E-state index is 13.1. The highest BCUT2D eigenvalue weighted by atomic mass is 16.7. The lowest BCUT2D eigenvalue weighted by molar-refractivity contribution is 0.0628. The molecule has 0 N–H and O–H groups in total. The summed E-state index contributed by atoms with van der Waals surface area (Å²) in [6.45, 7) is 9.02. The van der Waals surface area contributed by atoms with Gasteiger partial charge < -0.3 is 14.4 Å². The van der Waals surface area contributed by atoms with Crippen LogP contribution in [0.15, 0.2) is 48.5 Å².